The van der Waals surface area contributed by atoms with Gasteiger partial charge >= 0.3 is 0 Å². The Bertz CT molecular complexity index is 945. The molecule has 0 amide bonds. The topological polar surface area (TPSA) is 71.8 Å². The van der Waals surface area contributed by atoms with Crippen molar-refractivity contribution in [2.45, 2.75) is 31.7 Å². The SMILES string of the molecule is NCc1[nH]c(C2CCC2)nc1-c1ccc(C(=O)c2ccccc2)c(F)c1. The van der Waals surface area contributed by atoms with Crippen LogP contribution in [0.2, 0.25) is 0 Å². The summed E-state index contributed by atoms with van der Waals surface area (Å²) in [6, 6.07) is 13.3. The Morgan fingerprint density at radius 2 is 1.96 bits per heavy atom. The van der Waals surface area contributed by atoms with E-state index in [0.29, 0.717) is 29.3 Å². The van der Waals surface area contributed by atoms with Gasteiger partial charge in [0, 0.05) is 23.6 Å². The Morgan fingerprint density at radius 1 is 1.19 bits per heavy atom. The monoisotopic (exact) mass is 349 g/mol. The highest BCUT2D eigenvalue weighted by Crippen LogP contribution is 2.36. The van der Waals surface area contributed by atoms with Crippen molar-refractivity contribution in [2.75, 3.05) is 0 Å². The van der Waals surface area contributed by atoms with Gasteiger partial charge in [-0.3, -0.25) is 4.79 Å². The summed E-state index contributed by atoms with van der Waals surface area (Å²) in [5, 5.41) is 0. The predicted octanol–water partition coefficient (Wildman–Crippen LogP) is 4.17. The molecule has 1 heterocycles. The quantitative estimate of drug-likeness (QED) is 0.679. The fourth-order valence-electron chi connectivity index (χ4n) is 3.28. The Kier molecular flexibility index (Phi) is 4.39. The molecule has 1 aromatic heterocycles. The molecule has 1 aliphatic rings. The first-order valence-corrected chi connectivity index (χ1v) is 8.86. The van der Waals surface area contributed by atoms with Crippen LogP contribution in [0.25, 0.3) is 11.3 Å². The van der Waals surface area contributed by atoms with Crippen LogP contribution in [0.1, 0.15) is 52.6 Å². The molecule has 1 fully saturated rings. The molecule has 5 heteroatoms. The predicted molar refractivity (Wildman–Crippen MR) is 98.3 cm³/mol. The number of benzene rings is 2. The molecule has 0 aliphatic heterocycles. The molecule has 0 spiro atoms. The molecule has 4 nitrogen and oxygen atoms in total. The second-order valence-corrected chi connectivity index (χ2v) is 6.67. The highest BCUT2D eigenvalue weighted by atomic mass is 19.1. The van der Waals surface area contributed by atoms with Crippen molar-refractivity contribution in [1.29, 1.82) is 0 Å². The van der Waals surface area contributed by atoms with Gasteiger partial charge in [-0.05, 0) is 25.0 Å². The lowest BCUT2D eigenvalue weighted by molar-refractivity contribution is 0.103. The number of carbonyl (C=O) groups excluding carboxylic acids is 1. The minimum atomic E-state index is -0.549. The summed E-state index contributed by atoms with van der Waals surface area (Å²) in [7, 11) is 0. The first-order chi connectivity index (χ1) is 12.7. The molecular weight excluding hydrogens is 329 g/mol. The van der Waals surface area contributed by atoms with Crippen molar-refractivity contribution in [3.05, 3.63) is 77.0 Å². The lowest BCUT2D eigenvalue weighted by atomic mass is 9.85. The van der Waals surface area contributed by atoms with E-state index in [4.69, 9.17) is 5.73 Å². The minimum Gasteiger partial charge on any atom is -0.344 e. The lowest BCUT2D eigenvalue weighted by Crippen LogP contribution is -2.10. The van der Waals surface area contributed by atoms with Crippen molar-refractivity contribution in [1.82, 2.24) is 9.97 Å². The molecule has 3 N–H and O–H groups in total. The first-order valence-electron chi connectivity index (χ1n) is 8.86. The Labute approximate surface area is 151 Å². The van der Waals surface area contributed by atoms with Gasteiger partial charge in [-0.2, -0.15) is 0 Å². The van der Waals surface area contributed by atoms with E-state index < -0.39 is 5.82 Å². The molecule has 132 valence electrons. The summed E-state index contributed by atoms with van der Waals surface area (Å²) in [5.74, 6) is 0.493. The van der Waals surface area contributed by atoms with E-state index in [9.17, 15) is 9.18 Å². The number of imidazole rings is 1. The van der Waals surface area contributed by atoms with Gasteiger partial charge in [-0.25, -0.2) is 9.37 Å². The number of nitrogens with one attached hydrogen (secondary N) is 1. The first kappa shape index (κ1) is 16.7. The second kappa shape index (κ2) is 6.84. The van der Waals surface area contributed by atoms with E-state index in [0.717, 1.165) is 24.4 Å². The second-order valence-electron chi connectivity index (χ2n) is 6.67. The third kappa shape index (κ3) is 2.95. The van der Waals surface area contributed by atoms with E-state index in [1.54, 1.807) is 30.3 Å². The number of halogens is 1. The maximum atomic E-state index is 14.7. The molecule has 0 bridgehead atoms. The fourth-order valence-corrected chi connectivity index (χ4v) is 3.28. The maximum Gasteiger partial charge on any atom is 0.195 e. The van der Waals surface area contributed by atoms with Crippen LogP contribution in [0.15, 0.2) is 48.5 Å². The number of aromatic nitrogens is 2. The molecule has 1 saturated carbocycles. The highest BCUT2D eigenvalue weighted by molar-refractivity contribution is 6.09. The largest absolute Gasteiger partial charge is 0.344 e. The number of H-pyrrole nitrogens is 1. The average molecular weight is 349 g/mol. The third-order valence-electron chi connectivity index (χ3n) is 5.02. The van der Waals surface area contributed by atoms with Gasteiger partial charge in [0.2, 0.25) is 0 Å². The smallest absolute Gasteiger partial charge is 0.195 e. The Hall–Kier alpha value is -2.79. The van der Waals surface area contributed by atoms with E-state index in [-0.39, 0.29) is 11.3 Å². The zero-order valence-corrected chi connectivity index (χ0v) is 14.3. The Morgan fingerprint density at radius 3 is 2.58 bits per heavy atom. The molecular formula is C21H20FN3O. The molecule has 3 aromatic rings. The van der Waals surface area contributed by atoms with Gasteiger partial charge in [-0.1, -0.05) is 42.8 Å². The molecule has 0 radical (unpaired) electrons. The van der Waals surface area contributed by atoms with Crippen LogP contribution >= 0.6 is 0 Å². The molecule has 1 aliphatic carbocycles. The van der Waals surface area contributed by atoms with Gasteiger partial charge in [0.15, 0.2) is 5.78 Å². The van der Waals surface area contributed by atoms with Gasteiger partial charge in [0.05, 0.1) is 17.0 Å². The lowest BCUT2D eigenvalue weighted by Gasteiger charge is -2.22. The van der Waals surface area contributed by atoms with E-state index in [1.165, 1.54) is 18.6 Å². The van der Waals surface area contributed by atoms with Crippen LogP contribution in [-0.2, 0) is 6.54 Å². The number of hydrogen-bond donors (Lipinski definition) is 2. The standard InChI is InChI=1S/C21H20FN3O/c22-17-11-15(9-10-16(17)20(26)13-5-2-1-3-6-13)19-18(12-23)24-21(25-19)14-7-4-8-14/h1-3,5-6,9-11,14H,4,7-8,12,23H2,(H,24,25). The van der Waals surface area contributed by atoms with E-state index in [2.05, 4.69) is 9.97 Å². The van der Waals surface area contributed by atoms with Gasteiger partial charge in [0.25, 0.3) is 0 Å². The number of nitrogens with two attached hydrogens (primary N) is 1. The van der Waals surface area contributed by atoms with E-state index >= 15 is 0 Å². The minimum absolute atomic E-state index is 0.0593. The van der Waals surface area contributed by atoms with Crippen LogP contribution in [0, 0.1) is 5.82 Å². The van der Waals surface area contributed by atoms with Crippen LogP contribution in [0.5, 0.6) is 0 Å². The van der Waals surface area contributed by atoms with Gasteiger partial charge < -0.3 is 10.7 Å². The van der Waals surface area contributed by atoms with Crippen molar-refractivity contribution >= 4 is 5.78 Å². The molecule has 2 aromatic carbocycles. The third-order valence-corrected chi connectivity index (χ3v) is 5.02. The molecule has 26 heavy (non-hydrogen) atoms. The summed E-state index contributed by atoms with van der Waals surface area (Å²) in [4.78, 5) is 20.4. The van der Waals surface area contributed by atoms with Gasteiger partial charge in [-0.15, -0.1) is 0 Å². The molecule has 0 unspecified atom stereocenters. The van der Waals surface area contributed by atoms with Crippen molar-refractivity contribution in [3.63, 3.8) is 0 Å². The van der Waals surface area contributed by atoms with Gasteiger partial charge in [0.1, 0.15) is 11.6 Å². The van der Waals surface area contributed by atoms with E-state index in [1.807, 2.05) is 6.07 Å². The number of nitrogens with zero attached hydrogens (tertiary/aromatic N) is 1. The summed E-state index contributed by atoms with van der Waals surface area (Å²) in [6.45, 7) is 0.307. The van der Waals surface area contributed by atoms with Crippen molar-refractivity contribution < 1.29 is 9.18 Å². The summed E-state index contributed by atoms with van der Waals surface area (Å²) in [5.41, 5.74) is 8.47. The van der Waals surface area contributed by atoms with Crippen LogP contribution in [0.4, 0.5) is 4.39 Å². The normalized spacial score (nSPS) is 14.2. The number of hydrogen-bond acceptors (Lipinski definition) is 3. The summed E-state index contributed by atoms with van der Waals surface area (Å²) in [6.07, 6.45) is 3.45. The molecule has 0 atom stereocenters. The van der Waals surface area contributed by atoms with Crippen LogP contribution in [0.3, 0.4) is 0 Å². The van der Waals surface area contributed by atoms with Crippen molar-refractivity contribution in [3.8, 4) is 11.3 Å². The zero-order chi connectivity index (χ0) is 18.1. The number of ketones is 1. The van der Waals surface area contributed by atoms with Crippen LogP contribution < -0.4 is 5.73 Å². The molecule has 4 rings (SSSR count). The molecule has 0 saturated heterocycles. The van der Waals surface area contributed by atoms with Crippen LogP contribution in [-0.4, -0.2) is 15.8 Å². The highest BCUT2D eigenvalue weighted by Gasteiger charge is 2.25. The number of aromatic amines is 1. The summed E-state index contributed by atoms with van der Waals surface area (Å²) >= 11 is 0. The average Bonchev–Trinajstić information content (AvgIpc) is 3.04. The Balaban J connectivity index is 1.68. The van der Waals surface area contributed by atoms with Crippen molar-refractivity contribution in [2.24, 2.45) is 5.73 Å². The number of carbonyl (C=O) groups is 1. The number of rotatable bonds is 5. The maximum absolute atomic E-state index is 14.7. The summed E-state index contributed by atoms with van der Waals surface area (Å²) < 4.78 is 14.7. The zero-order valence-electron chi connectivity index (χ0n) is 14.3. The fraction of sp³-hybridized carbons (Fsp3) is 0.238.